The van der Waals surface area contributed by atoms with Crippen molar-refractivity contribution < 1.29 is 33.6 Å². The Morgan fingerprint density at radius 2 is 2.00 bits per heavy atom. The van der Waals surface area contributed by atoms with Crippen molar-refractivity contribution in [3.05, 3.63) is 75.4 Å². The number of carbonyl (C=O) groups excluding carboxylic acids is 2. The number of nitrogens with one attached hydrogen (secondary N) is 3. The molecule has 0 fully saturated rings. The fourth-order valence-corrected chi connectivity index (χ4v) is 4.35. The first-order valence-corrected chi connectivity index (χ1v) is 12.9. The molecule has 1 heterocycles. The molecule has 2 atom stereocenters. The third-order valence-corrected chi connectivity index (χ3v) is 5.98. The van der Waals surface area contributed by atoms with Gasteiger partial charge in [-0.2, -0.15) is 5.10 Å². The van der Waals surface area contributed by atoms with Gasteiger partial charge in [0.25, 0.3) is 0 Å². The first-order chi connectivity index (χ1) is 19.2. The van der Waals surface area contributed by atoms with Crippen molar-refractivity contribution in [2.75, 3.05) is 26.9 Å². The Labute approximate surface area is 241 Å². The topological polar surface area (TPSA) is 140 Å². The van der Waals surface area contributed by atoms with Gasteiger partial charge in [-0.05, 0) is 43.7 Å². The van der Waals surface area contributed by atoms with Crippen LogP contribution in [0, 0.1) is 0 Å². The number of halogens is 2. The summed E-state index contributed by atoms with van der Waals surface area (Å²) in [5.74, 6) is 0.470. The van der Waals surface area contributed by atoms with Crippen LogP contribution in [0.5, 0.6) is 17.2 Å². The zero-order valence-electron chi connectivity index (χ0n) is 22.1. The number of aliphatic hydroxyl groups is 1. The van der Waals surface area contributed by atoms with Crippen LogP contribution in [-0.4, -0.2) is 56.5 Å². The molecule has 214 valence electrons. The highest BCUT2D eigenvalue weighted by Crippen LogP contribution is 2.35. The molecule has 11 nitrogen and oxygen atoms in total. The van der Waals surface area contributed by atoms with Crippen LogP contribution in [-0.2, 0) is 9.53 Å². The van der Waals surface area contributed by atoms with E-state index in [4.69, 9.17) is 42.1 Å². The minimum Gasteiger partial charge on any atom is -0.490 e. The number of benzene rings is 2. The highest BCUT2D eigenvalue weighted by Gasteiger charge is 2.32. The molecule has 0 aliphatic carbocycles. The number of methoxy groups -OCH3 is 1. The minimum absolute atomic E-state index is 0.191. The SMILES string of the molecule is C=CCOc1c(Cl)cc(Cl)cc1/C=N/N[C@H](O)COc1ccc([C@H]2NC(=O)NC(C)=C2C(=O)OC)cc1OCC. The van der Waals surface area contributed by atoms with Gasteiger partial charge in [0.05, 0.1) is 36.6 Å². The van der Waals surface area contributed by atoms with Gasteiger partial charge in [0.2, 0.25) is 0 Å². The molecule has 0 saturated carbocycles. The van der Waals surface area contributed by atoms with Crippen LogP contribution in [0.1, 0.15) is 31.0 Å². The van der Waals surface area contributed by atoms with E-state index in [-0.39, 0.29) is 18.8 Å². The summed E-state index contributed by atoms with van der Waals surface area (Å²) < 4.78 is 22.0. The zero-order chi connectivity index (χ0) is 29.2. The second-order valence-electron chi connectivity index (χ2n) is 8.32. The smallest absolute Gasteiger partial charge is 0.337 e. The number of aliphatic hydroxyl groups excluding tert-OH is 1. The highest BCUT2D eigenvalue weighted by atomic mass is 35.5. The van der Waals surface area contributed by atoms with Crippen molar-refractivity contribution >= 4 is 41.4 Å². The Hall–Kier alpha value is -3.93. The molecule has 0 radical (unpaired) electrons. The molecule has 4 N–H and O–H groups in total. The number of carbonyl (C=O) groups is 2. The second-order valence-corrected chi connectivity index (χ2v) is 9.16. The molecule has 0 saturated heterocycles. The molecule has 0 spiro atoms. The van der Waals surface area contributed by atoms with Gasteiger partial charge in [0.15, 0.2) is 17.7 Å². The lowest BCUT2D eigenvalue weighted by molar-refractivity contribution is -0.136. The van der Waals surface area contributed by atoms with E-state index in [1.807, 2.05) is 0 Å². The molecular weight excluding hydrogens is 563 g/mol. The van der Waals surface area contributed by atoms with Crippen LogP contribution in [0.3, 0.4) is 0 Å². The average Bonchev–Trinajstić information content (AvgIpc) is 2.91. The van der Waals surface area contributed by atoms with Crippen molar-refractivity contribution in [3.8, 4) is 17.2 Å². The molecule has 0 aromatic heterocycles. The molecule has 0 bridgehead atoms. The Morgan fingerprint density at radius 3 is 2.70 bits per heavy atom. The van der Waals surface area contributed by atoms with Gasteiger partial charge >= 0.3 is 12.0 Å². The van der Waals surface area contributed by atoms with Gasteiger partial charge in [-0.3, -0.25) is 5.43 Å². The van der Waals surface area contributed by atoms with Crippen molar-refractivity contribution in [3.63, 3.8) is 0 Å². The molecule has 2 aromatic carbocycles. The first-order valence-electron chi connectivity index (χ1n) is 12.1. The average molecular weight is 593 g/mol. The van der Waals surface area contributed by atoms with Gasteiger partial charge in [-0.15, -0.1) is 0 Å². The van der Waals surface area contributed by atoms with E-state index in [9.17, 15) is 14.7 Å². The standard InChI is InChI=1S/C27H30Cl2N4O7/c1-5-9-39-25-17(10-18(28)12-19(25)29)13-30-33-22(34)14-40-20-8-7-16(11-21(20)38-6-2)24-23(26(35)37-4)15(3)31-27(36)32-24/h5,7-8,10-13,22,24,33-34H,1,6,9,14H2,2-4H3,(H2,31,32,36)/b30-13+/t22-,24-/m1/s1. The fraction of sp³-hybridized carbons (Fsp3) is 0.296. The highest BCUT2D eigenvalue weighted by molar-refractivity contribution is 6.36. The predicted octanol–water partition coefficient (Wildman–Crippen LogP) is 4.08. The molecule has 1 aliphatic rings. The second kappa shape index (κ2) is 14.5. The van der Waals surface area contributed by atoms with Crippen LogP contribution in [0.15, 0.2) is 59.4 Å². The molecule has 1 aliphatic heterocycles. The van der Waals surface area contributed by atoms with Crippen LogP contribution < -0.4 is 30.3 Å². The molecule has 0 unspecified atom stereocenters. The van der Waals surface area contributed by atoms with E-state index < -0.39 is 24.3 Å². The molecule has 13 heteroatoms. The van der Waals surface area contributed by atoms with Crippen molar-refractivity contribution in [1.82, 2.24) is 16.1 Å². The molecule has 2 aromatic rings. The van der Waals surface area contributed by atoms with Crippen LogP contribution >= 0.6 is 23.2 Å². The number of urea groups is 1. The van der Waals surface area contributed by atoms with Crippen molar-refractivity contribution in [1.29, 1.82) is 0 Å². The Morgan fingerprint density at radius 1 is 1.23 bits per heavy atom. The van der Waals surface area contributed by atoms with E-state index in [0.29, 0.717) is 50.7 Å². The molecular formula is C27H30Cl2N4O7. The maximum absolute atomic E-state index is 12.4. The number of rotatable bonds is 13. The Bertz CT molecular complexity index is 1320. The number of ether oxygens (including phenoxy) is 4. The number of hydrogen-bond acceptors (Lipinski definition) is 9. The van der Waals surface area contributed by atoms with Gasteiger partial charge < -0.3 is 34.7 Å². The Kier molecular flexibility index (Phi) is 11.1. The van der Waals surface area contributed by atoms with Gasteiger partial charge in [0, 0.05) is 16.3 Å². The van der Waals surface area contributed by atoms with Crippen LogP contribution in [0.2, 0.25) is 10.0 Å². The summed E-state index contributed by atoms with van der Waals surface area (Å²) in [4.78, 5) is 24.5. The summed E-state index contributed by atoms with van der Waals surface area (Å²) in [6.45, 7) is 7.39. The lowest BCUT2D eigenvalue weighted by Crippen LogP contribution is -2.45. The maximum Gasteiger partial charge on any atom is 0.337 e. The van der Waals surface area contributed by atoms with Crippen LogP contribution in [0.4, 0.5) is 4.79 Å². The van der Waals surface area contributed by atoms with Gasteiger partial charge in [0.1, 0.15) is 19.0 Å². The normalized spacial score (nSPS) is 15.7. The van der Waals surface area contributed by atoms with E-state index in [1.165, 1.54) is 13.3 Å². The summed E-state index contributed by atoms with van der Waals surface area (Å²) in [5, 5.41) is 20.4. The summed E-state index contributed by atoms with van der Waals surface area (Å²) in [6.07, 6.45) is 1.78. The number of amides is 2. The lowest BCUT2D eigenvalue weighted by Gasteiger charge is -2.28. The summed E-state index contributed by atoms with van der Waals surface area (Å²) >= 11 is 12.3. The van der Waals surface area contributed by atoms with E-state index >= 15 is 0 Å². The first kappa shape index (κ1) is 30.6. The summed E-state index contributed by atoms with van der Waals surface area (Å²) in [6, 6.07) is 6.88. The zero-order valence-corrected chi connectivity index (χ0v) is 23.6. The fourth-order valence-electron chi connectivity index (χ4n) is 3.79. The molecule has 2 amide bonds. The maximum atomic E-state index is 12.4. The molecule has 3 rings (SSSR count). The van der Waals surface area contributed by atoms with E-state index in [2.05, 4.69) is 27.7 Å². The van der Waals surface area contributed by atoms with Gasteiger partial charge in [-0.1, -0.05) is 41.9 Å². The quantitative estimate of drug-likeness (QED) is 0.0896. The van der Waals surface area contributed by atoms with Crippen molar-refractivity contribution in [2.45, 2.75) is 26.1 Å². The lowest BCUT2D eigenvalue weighted by atomic mass is 9.95. The third-order valence-electron chi connectivity index (χ3n) is 5.48. The largest absolute Gasteiger partial charge is 0.490 e. The summed E-state index contributed by atoms with van der Waals surface area (Å²) in [7, 11) is 1.27. The molecule has 40 heavy (non-hydrogen) atoms. The Balaban J connectivity index is 1.72. The number of nitrogens with zero attached hydrogens (tertiary/aromatic N) is 1. The van der Waals surface area contributed by atoms with Crippen LogP contribution in [0.25, 0.3) is 0 Å². The monoisotopic (exact) mass is 592 g/mol. The van der Waals surface area contributed by atoms with E-state index in [0.717, 1.165) is 0 Å². The summed E-state index contributed by atoms with van der Waals surface area (Å²) in [5.41, 5.74) is 4.27. The number of esters is 1. The minimum atomic E-state index is -1.20. The number of allylic oxidation sites excluding steroid dienone is 1. The third kappa shape index (κ3) is 7.81. The van der Waals surface area contributed by atoms with Crippen molar-refractivity contribution in [2.24, 2.45) is 5.10 Å². The van der Waals surface area contributed by atoms with Gasteiger partial charge in [-0.25, -0.2) is 9.59 Å². The van der Waals surface area contributed by atoms with E-state index in [1.54, 1.807) is 50.3 Å². The predicted molar refractivity (Wildman–Crippen MR) is 151 cm³/mol. The number of hydrogen-bond donors (Lipinski definition) is 4. The number of hydrazone groups is 1.